The Hall–Kier alpha value is -4.15. The van der Waals surface area contributed by atoms with Crippen LogP contribution >= 0.6 is 11.3 Å². The second-order valence-corrected chi connectivity index (χ2v) is 11.6. The predicted octanol–water partition coefficient (Wildman–Crippen LogP) is 6.30. The number of hydrogen-bond acceptors (Lipinski definition) is 7. The summed E-state index contributed by atoms with van der Waals surface area (Å²) in [6, 6.07) is 18.1. The number of fused-ring (bicyclic) bond motifs is 2. The van der Waals surface area contributed by atoms with Crippen molar-refractivity contribution in [3.8, 4) is 17.2 Å². The second kappa shape index (κ2) is 12.4. The van der Waals surface area contributed by atoms with Crippen LogP contribution in [-0.2, 0) is 0 Å². The lowest BCUT2D eigenvalue weighted by atomic mass is 10.1. The SMILES string of the molecule is Cc1ccc(NC(=O)c2ccc3c(c2)OCCO3)cc1NC(=O)c1cc2ccc(OCCCN3CC[C@@H](F)C3)cc2s1. The highest BCUT2D eigenvalue weighted by Gasteiger charge is 2.21. The predicted molar refractivity (Wildman–Crippen MR) is 162 cm³/mol. The molecule has 10 heteroatoms. The molecule has 1 atom stereocenters. The number of amides is 2. The third-order valence-corrected chi connectivity index (χ3v) is 8.46. The third kappa shape index (κ3) is 6.50. The Kier molecular flexibility index (Phi) is 8.25. The van der Waals surface area contributed by atoms with E-state index in [0.717, 1.165) is 40.9 Å². The molecular formula is C32H32FN3O5S. The lowest BCUT2D eigenvalue weighted by Gasteiger charge is -2.18. The normalized spacial score (nSPS) is 16.4. The lowest BCUT2D eigenvalue weighted by Crippen LogP contribution is -2.23. The van der Waals surface area contributed by atoms with E-state index in [1.807, 2.05) is 37.3 Å². The number of rotatable bonds is 9. The Balaban J connectivity index is 1.07. The molecular weight excluding hydrogens is 557 g/mol. The van der Waals surface area contributed by atoms with Crippen LogP contribution in [0.5, 0.6) is 17.2 Å². The van der Waals surface area contributed by atoms with Crippen LogP contribution in [0.2, 0.25) is 0 Å². The number of aryl methyl sites for hydroxylation is 1. The number of benzene rings is 3. The number of hydrogen-bond donors (Lipinski definition) is 2. The minimum atomic E-state index is -0.704. The number of likely N-dealkylation sites (tertiary alicyclic amines) is 1. The van der Waals surface area contributed by atoms with Crippen LogP contribution in [0.25, 0.3) is 10.1 Å². The van der Waals surface area contributed by atoms with Crippen LogP contribution in [-0.4, -0.2) is 62.3 Å². The first-order valence-electron chi connectivity index (χ1n) is 14.1. The molecule has 0 unspecified atom stereocenters. The quantitative estimate of drug-likeness (QED) is 0.223. The largest absolute Gasteiger partial charge is 0.493 e. The van der Waals surface area contributed by atoms with Crippen molar-refractivity contribution >= 4 is 44.6 Å². The Labute approximate surface area is 247 Å². The van der Waals surface area contributed by atoms with Crippen LogP contribution in [0.3, 0.4) is 0 Å². The molecule has 218 valence electrons. The number of carbonyl (C=O) groups is 2. The average molecular weight is 590 g/mol. The van der Waals surface area contributed by atoms with E-state index >= 15 is 0 Å². The molecule has 0 bridgehead atoms. The molecule has 1 saturated heterocycles. The Morgan fingerprint density at radius 2 is 1.86 bits per heavy atom. The fraction of sp³-hybridized carbons (Fsp3) is 0.312. The van der Waals surface area contributed by atoms with Gasteiger partial charge in [-0.15, -0.1) is 11.3 Å². The first kappa shape index (κ1) is 28.0. The number of nitrogens with one attached hydrogen (secondary N) is 2. The van der Waals surface area contributed by atoms with Crippen LogP contribution < -0.4 is 24.8 Å². The van der Waals surface area contributed by atoms with Gasteiger partial charge in [-0.25, -0.2) is 4.39 Å². The molecule has 3 heterocycles. The number of carbonyl (C=O) groups excluding carboxylic acids is 2. The van der Waals surface area contributed by atoms with Gasteiger partial charge in [-0.2, -0.15) is 0 Å². The molecule has 2 N–H and O–H groups in total. The summed E-state index contributed by atoms with van der Waals surface area (Å²) >= 11 is 1.39. The molecule has 2 aliphatic rings. The zero-order chi connectivity index (χ0) is 29.1. The van der Waals surface area contributed by atoms with Crippen molar-refractivity contribution in [2.75, 3.05) is 50.1 Å². The minimum Gasteiger partial charge on any atom is -0.493 e. The van der Waals surface area contributed by atoms with Crippen molar-refractivity contribution in [2.24, 2.45) is 0 Å². The monoisotopic (exact) mass is 589 g/mol. The molecule has 3 aromatic carbocycles. The van der Waals surface area contributed by atoms with Gasteiger partial charge in [0.2, 0.25) is 0 Å². The van der Waals surface area contributed by atoms with Gasteiger partial charge >= 0.3 is 0 Å². The van der Waals surface area contributed by atoms with E-state index in [0.29, 0.717) is 66.1 Å². The highest BCUT2D eigenvalue weighted by Crippen LogP contribution is 2.32. The van der Waals surface area contributed by atoms with E-state index in [4.69, 9.17) is 14.2 Å². The summed E-state index contributed by atoms with van der Waals surface area (Å²) in [6.07, 6.45) is 0.748. The second-order valence-electron chi connectivity index (χ2n) is 10.5. The molecule has 2 aliphatic heterocycles. The zero-order valence-electron chi connectivity index (χ0n) is 23.3. The first-order chi connectivity index (χ1) is 20.4. The maximum Gasteiger partial charge on any atom is 0.265 e. The maximum atomic E-state index is 13.3. The molecule has 1 fully saturated rings. The number of alkyl halides is 1. The molecule has 0 aliphatic carbocycles. The van der Waals surface area contributed by atoms with E-state index in [1.54, 1.807) is 30.3 Å². The van der Waals surface area contributed by atoms with Gasteiger partial charge in [0.15, 0.2) is 11.5 Å². The summed E-state index contributed by atoms with van der Waals surface area (Å²) in [5.41, 5.74) is 2.48. The Bertz CT molecular complexity index is 1620. The number of halogens is 1. The lowest BCUT2D eigenvalue weighted by molar-refractivity contribution is 0.102. The molecule has 1 aromatic heterocycles. The topological polar surface area (TPSA) is 89.1 Å². The van der Waals surface area contributed by atoms with Crippen LogP contribution in [0.1, 0.15) is 38.4 Å². The van der Waals surface area contributed by atoms with Crippen molar-refractivity contribution in [1.82, 2.24) is 4.90 Å². The van der Waals surface area contributed by atoms with Crippen molar-refractivity contribution < 1.29 is 28.2 Å². The van der Waals surface area contributed by atoms with Crippen molar-refractivity contribution in [3.05, 3.63) is 76.7 Å². The molecule has 4 aromatic rings. The molecule has 2 amide bonds. The van der Waals surface area contributed by atoms with Gasteiger partial charge in [-0.1, -0.05) is 6.07 Å². The molecule has 6 rings (SSSR count). The summed E-state index contributed by atoms with van der Waals surface area (Å²) in [5.74, 6) is 1.39. The van der Waals surface area contributed by atoms with E-state index in [2.05, 4.69) is 15.5 Å². The number of nitrogens with zero attached hydrogens (tertiary/aromatic N) is 1. The fourth-order valence-corrected chi connectivity index (χ4v) is 6.07. The van der Waals surface area contributed by atoms with E-state index in [1.165, 1.54) is 11.3 Å². The number of anilines is 2. The van der Waals surface area contributed by atoms with E-state index in [9.17, 15) is 14.0 Å². The van der Waals surface area contributed by atoms with Gasteiger partial charge < -0.3 is 29.7 Å². The number of thiophene rings is 1. The molecule has 0 saturated carbocycles. The van der Waals surface area contributed by atoms with Gasteiger partial charge in [0.05, 0.1) is 11.5 Å². The minimum absolute atomic E-state index is 0.228. The third-order valence-electron chi connectivity index (χ3n) is 7.37. The summed E-state index contributed by atoms with van der Waals surface area (Å²) < 4.78 is 31.3. The summed E-state index contributed by atoms with van der Waals surface area (Å²) in [4.78, 5) is 28.8. The highest BCUT2D eigenvalue weighted by molar-refractivity contribution is 7.20. The highest BCUT2D eigenvalue weighted by atomic mass is 32.1. The average Bonchev–Trinajstić information content (AvgIpc) is 3.62. The number of ether oxygens (including phenoxy) is 3. The molecule has 0 spiro atoms. The van der Waals surface area contributed by atoms with E-state index < -0.39 is 6.17 Å². The van der Waals surface area contributed by atoms with Gasteiger partial charge in [0.1, 0.15) is 25.1 Å². The van der Waals surface area contributed by atoms with Crippen LogP contribution in [0.4, 0.5) is 15.8 Å². The zero-order valence-corrected chi connectivity index (χ0v) is 24.1. The maximum absolute atomic E-state index is 13.3. The molecule has 8 nitrogen and oxygen atoms in total. The Morgan fingerprint density at radius 1 is 1.00 bits per heavy atom. The standard InChI is InChI=1S/C32H32FN3O5S/c1-20-3-6-24(34-31(37)22-5-8-27-28(15-22)41-14-13-40-27)17-26(20)35-32(38)30-16-21-4-7-25(18-29(21)42-30)39-12-2-10-36-11-9-23(33)19-36/h3-8,15-18,23H,2,9-14,19H2,1H3,(H,34,37)(H,35,38)/t23-/m1/s1. The van der Waals surface area contributed by atoms with Gasteiger partial charge in [-0.05, 0) is 85.3 Å². The van der Waals surface area contributed by atoms with Gasteiger partial charge in [0.25, 0.3) is 11.8 Å². The smallest absolute Gasteiger partial charge is 0.265 e. The van der Waals surface area contributed by atoms with Gasteiger partial charge in [-0.3, -0.25) is 9.59 Å². The Morgan fingerprint density at radius 3 is 2.69 bits per heavy atom. The first-order valence-corrected chi connectivity index (χ1v) is 14.9. The van der Waals surface area contributed by atoms with E-state index in [-0.39, 0.29) is 11.8 Å². The summed E-state index contributed by atoms with van der Waals surface area (Å²) in [5, 5.41) is 6.84. The van der Waals surface area contributed by atoms with Crippen molar-refractivity contribution in [1.29, 1.82) is 0 Å². The summed E-state index contributed by atoms with van der Waals surface area (Å²) in [7, 11) is 0. The molecule has 0 radical (unpaired) electrons. The van der Waals surface area contributed by atoms with Gasteiger partial charge in [0, 0.05) is 41.3 Å². The van der Waals surface area contributed by atoms with Crippen LogP contribution in [0.15, 0.2) is 60.7 Å². The fourth-order valence-electron chi connectivity index (χ4n) is 5.09. The summed E-state index contributed by atoms with van der Waals surface area (Å²) in [6.45, 7) is 5.54. The van der Waals surface area contributed by atoms with Crippen LogP contribution in [0, 0.1) is 6.92 Å². The van der Waals surface area contributed by atoms with Crippen molar-refractivity contribution in [2.45, 2.75) is 25.9 Å². The van der Waals surface area contributed by atoms with Crippen molar-refractivity contribution in [3.63, 3.8) is 0 Å². The molecule has 42 heavy (non-hydrogen) atoms.